The third-order valence-corrected chi connectivity index (χ3v) is 1.81. The summed E-state index contributed by atoms with van der Waals surface area (Å²) in [5.74, 6) is 0.177. The fourth-order valence-electron chi connectivity index (χ4n) is 0.896. The Kier molecular flexibility index (Phi) is 3.21. The average Bonchev–Trinajstić information content (AvgIpc) is 2.16. The summed E-state index contributed by atoms with van der Waals surface area (Å²) in [5, 5.41) is 17.7. The number of nitriles is 1. The van der Waals surface area contributed by atoms with E-state index in [-0.39, 0.29) is 16.3 Å². The molecule has 70 valence electrons. The number of phenolic OH excluding ortho intramolecular Hbond substituents is 1. The molecular weight excluding hydrogens is 196 g/mol. The molecule has 0 aliphatic heterocycles. The summed E-state index contributed by atoms with van der Waals surface area (Å²) in [7, 11) is 0. The first-order valence-electron chi connectivity index (χ1n) is 3.84. The maximum absolute atomic E-state index is 9.02. The molecule has 0 saturated heterocycles. The lowest BCUT2D eigenvalue weighted by Crippen LogP contribution is -2.09. The summed E-state index contributed by atoms with van der Waals surface area (Å²) in [6.45, 7) is 0. The quantitative estimate of drug-likeness (QED) is 0.436. The van der Waals surface area contributed by atoms with Crippen LogP contribution in [0.4, 0.5) is 0 Å². The number of benzene rings is 1. The second-order valence-corrected chi connectivity index (χ2v) is 3.07. The standard InChI is InChI=1S/C10H8N2OS/c11-6-8(10(12)14)5-7-1-3-9(13)4-2-7/h1-5,13H,(H2,12,14). The maximum atomic E-state index is 9.02. The first kappa shape index (κ1) is 10.2. The van der Waals surface area contributed by atoms with Gasteiger partial charge in [-0.2, -0.15) is 5.26 Å². The Balaban J connectivity index is 3.03. The molecular formula is C10H8N2OS. The van der Waals surface area contributed by atoms with Gasteiger partial charge >= 0.3 is 0 Å². The van der Waals surface area contributed by atoms with Crippen LogP contribution in [0.5, 0.6) is 5.75 Å². The minimum Gasteiger partial charge on any atom is -0.508 e. The van der Waals surface area contributed by atoms with Crippen LogP contribution < -0.4 is 5.73 Å². The van der Waals surface area contributed by atoms with Crippen LogP contribution in [0.2, 0.25) is 0 Å². The van der Waals surface area contributed by atoms with Gasteiger partial charge in [0.2, 0.25) is 0 Å². The van der Waals surface area contributed by atoms with Crippen LogP contribution in [0.25, 0.3) is 6.08 Å². The second-order valence-electron chi connectivity index (χ2n) is 2.63. The van der Waals surface area contributed by atoms with Gasteiger partial charge in [0.05, 0.1) is 5.57 Å². The summed E-state index contributed by atoms with van der Waals surface area (Å²) in [5.41, 5.74) is 6.34. The molecule has 3 nitrogen and oxygen atoms in total. The minimum atomic E-state index is 0.0700. The van der Waals surface area contributed by atoms with Gasteiger partial charge in [-0.3, -0.25) is 0 Å². The van der Waals surface area contributed by atoms with Crippen molar-refractivity contribution >= 4 is 23.3 Å². The summed E-state index contributed by atoms with van der Waals surface area (Å²) in [6, 6.07) is 8.30. The normalized spacial score (nSPS) is 10.6. The van der Waals surface area contributed by atoms with Crippen molar-refractivity contribution in [3.63, 3.8) is 0 Å². The van der Waals surface area contributed by atoms with Gasteiger partial charge in [0, 0.05) is 0 Å². The molecule has 3 N–H and O–H groups in total. The minimum absolute atomic E-state index is 0.0700. The zero-order valence-electron chi connectivity index (χ0n) is 7.27. The van der Waals surface area contributed by atoms with E-state index in [1.807, 2.05) is 6.07 Å². The van der Waals surface area contributed by atoms with Crippen molar-refractivity contribution < 1.29 is 5.11 Å². The fourth-order valence-corrected chi connectivity index (χ4v) is 1.00. The Hall–Kier alpha value is -1.86. The van der Waals surface area contributed by atoms with Crippen molar-refractivity contribution in [3.8, 4) is 11.8 Å². The summed E-state index contributed by atoms with van der Waals surface area (Å²) >= 11 is 4.68. The van der Waals surface area contributed by atoms with Gasteiger partial charge in [-0.05, 0) is 23.8 Å². The van der Waals surface area contributed by atoms with E-state index < -0.39 is 0 Å². The van der Waals surface area contributed by atoms with Gasteiger partial charge in [-0.1, -0.05) is 24.4 Å². The number of hydrogen-bond donors (Lipinski definition) is 2. The summed E-state index contributed by atoms with van der Waals surface area (Å²) in [4.78, 5) is 0.0700. The van der Waals surface area contributed by atoms with Crippen molar-refractivity contribution in [2.24, 2.45) is 5.73 Å². The molecule has 0 heterocycles. The Bertz CT molecular complexity index is 415. The monoisotopic (exact) mass is 204 g/mol. The van der Waals surface area contributed by atoms with E-state index in [9.17, 15) is 0 Å². The number of hydrogen-bond acceptors (Lipinski definition) is 3. The highest BCUT2D eigenvalue weighted by atomic mass is 32.1. The number of rotatable bonds is 2. The van der Waals surface area contributed by atoms with Crippen LogP contribution in [0.3, 0.4) is 0 Å². The Morgan fingerprint density at radius 3 is 2.43 bits per heavy atom. The van der Waals surface area contributed by atoms with Gasteiger partial charge in [-0.15, -0.1) is 0 Å². The van der Waals surface area contributed by atoms with E-state index in [1.165, 1.54) is 12.1 Å². The van der Waals surface area contributed by atoms with Crippen LogP contribution in [0, 0.1) is 11.3 Å². The Morgan fingerprint density at radius 2 is 2.00 bits per heavy atom. The van der Waals surface area contributed by atoms with Gasteiger partial charge in [0.25, 0.3) is 0 Å². The molecule has 0 fully saturated rings. The molecule has 4 heteroatoms. The van der Waals surface area contributed by atoms with E-state index in [0.717, 1.165) is 5.56 Å². The predicted molar refractivity (Wildman–Crippen MR) is 58.5 cm³/mol. The predicted octanol–water partition coefficient (Wildman–Crippen LogP) is 1.59. The zero-order valence-corrected chi connectivity index (χ0v) is 8.08. The van der Waals surface area contributed by atoms with Crippen LogP contribution in [0.15, 0.2) is 29.8 Å². The van der Waals surface area contributed by atoms with Crippen LogP contribution in [-0.2, 0) is 0 Å². The SMILES string of the molecule is N#CC(=Cc1ccc(O)cc1)C(N)=S. The van der Waals surface area contributed by atoms with Gasteiger partial charge in [-0.25, -0.2) is 0 Å². The number of phenols is 1. The first-order valence-corrected chi connectivity index (χ1v) is 4.25. The third kappa shape index (κ3) is 2.57. The van der Waals surface area contributed by atoms with Crippen molar-refractivity contribution in [2.75, 3.05) is 0 Å². The topological polar surface area (TPSA) is 70.0 Å². The lowest BCUT2D eigenvalue weighted by atomic mass is 10.1. The van der Waals surface area contributed by atoms with Crippen molar-refractivity contribution in [1.82, 2.24) is 0 Å². The molecule has 0 unspecified atom stereocenters. The smallest absolute Gasteiger partial charge is 0.115 e. The lowest BCUT2D eigenvalue weighted by Gasteiger charge is -1.96. The van der Waals surface area contributed by atoms with Gasteiger partial charge in [0.15, 0.2) is 0 Å². The Labute approximate surface area is 87.1 Å². The summed E-state index contributed by atoms with van der Waals surface area (Å²) in [6.07, 6.45) is 1.57. The highest BCUT2D eigenvalue weighted by Crippen LogP contribution is 2.12. The second kappa shape index (κ2) is 4.40. The molecule has 0 aromatic heterocycles. The van der Waals surface area contributed by atoms with E-state index >= 15 is 0 Å². The zero-order chi connectivity index (χ0) is 10.6. The number of thiocarbonyl (C=S) groups is 1. The molecule has 0 saturated carbocycles. The average molecular weight is 204 g/mol. The molecule has 0 aliphatic rings. The largest absolute Gasteiger partial charge is 0.508 e. The first-order chi connectivity index (χ1) is 6.63. The molecule has 0 atom stereocenters. The molecule has 0 radical (unpaired) electrons. The lowest BCUT2D eigenvalue weighted by molar-refractivity contribution is 0.475. The van der Waals surface area contributed by atoms with Crippen LogP contribution in [0.1, 0.15) is 5.56 Å². The Morgan fingerprint density at radius 1 is 1.43 bits per heavy atom. The summed E-state index contributed by atoms with van der Waals surface area (Å²) < 4.78 is 0. The number of nitrogens with zero attached hydrogens (tertiary/aromatic N) is 1. The van der Waals surface area contributed by atoms with Gasteiger partial charge < -0.3 is 10.8 Å². The van der Waals surface area contributed by atoms with Crippen molar-refractivity contribution in [3.05, 3.63) is 35.4 Å². The van der Waals surface area contributed by atoms with Crippen LogP contribution in [-0.4, -0.2) is 10.1 Å². The number of nitrogens with two attached hydrogens (primary N) is 1. The molecule has 0 spiro atoms. The van der Waals surface area contributed by atoms with Gasteiger partial charge in [0.1, 0.15) is 16.8 Å². The van der Waals surface area contributed by atoms with E-state index in [1.54, 1.807) is 18.2 Å². The molecule has 1 aromatic carbocycles. The highest BCUT2D eigenvalue weighted by molar-refractivity contribution is 7.80. The van der Waals surface area contributed by atoms with Crippen molar-refractivity contribution in [2.45, 2.75) is 0 Å². The molecule has 0 aliphatic carbocycles. The molecule has 0 bridgehead atoms. The maximum Gasteiger partial charge on any atom is 0.115 e. The third-order valence-electron chi connectivity index (χ3n) is 1.59. The van der Waals surface area contributed by atoms with E-state index in [0.29, 0.717) is 0 Å². The van der Waals surface area contributed by atoms with E-state index in [2.05, 4.69) is 12.2 Å². The number of aromatic hydroxyl groups is 1. The fraction of sp³-hybridized carbons (Fsp3) is 0. The van der Waals surface area contributed by atoms with Crippen LogP contribution >= 0.6 is 12.2 Å². The molecule has 1 rings (SSSR count). The molecule has 1 aromatic rings. The van der Waals surface area contributed by atoms with E-state index in [4.69, 9.17) is 16.1 Å². The molecule has 0 amide bonds. The highest BCUT2D eigenvalue weighted by Gasteiger charge is 1.98. The van der Waals surface area contributed by atoms with Crippen molar-refractivity contribution in [1.29, 1.82) is 5.26 Å². The molecule has 14 heavy (non-hydrogen) atoms.